The number of hydrogen-bond acceptors (Lipinski definition) is 5. The molecule has 3 rings (SSSR count). The van der Waals surface area contributed by atoms with Gasteiger partial charge in [0, 0.05) is 12.1 Å². The van der Waals surface area contributed by atoms with Crippen molar-refractivity contribution in [2.75, 3.05) is 16.4 Å². The van der Waals surface area contributed by atoms with Crippen LogP contribution < -0.4 is 27.4 Å². The molecule has 0 atom stereocenters. The van der Waals surface area contributed by atoms with E-state index in [1.54, 1.807) is 24.3 Å². The normalized spacial score (nSPS) is 14.4. The van der Waals surface area contributed by atoms with Crippen molar-refractivity contribution in [1.82, 2.24) is 5.32 Å². The largest absolute Gasteiger partial charge is 0.403 e. The van der Waals surface area contributed by atoms with Crippen LogP contribution in [0.5, 0.6) is 0 Å². The van der Waals surface area contributed by atoms with Crippen LogP contribution in [0.2, 0.25) is 5.02 Å². The van der Waals surface area contributed by atoms with E-state index in [0.717, 1.165) is 0 Å². The molecule has 0 aromatic heterocycles. The fourth-order valence-corrected chi connectivity index (χ4v) is 3.24. The van der Waals surface area contributed by atoms with E-state index < -0.39 is 23.4 Å². The zero-order valence-electron chi connectivity index (χ0n) is 16.8. The van der Waals surface area contributed by atoms with Crippen LogP contribution in [0, 0.1) is 5.41 Å². The van der Waals surface area contributed by atoms with Gasteiger partial charge in [-0.25, -0.2) is 0 Å². The third-order valence-electron chi connectivity index (χ3n) is 5.12. The van der Waals surface area contributed by atoms with Crippen molar-refractivity contribution < 1.29 is 22.8 Å². The lowest BCUT2D eigenvalue weighted by atomic mass is 10.1. The van der Waals surface area contributed by atoms with Crippen LogP contribution in [-0.4, -0.2) is 18.0 Å². The van der Waals surface area contributed by atoms with Gasteiger partial charge in [0.15, 0.2) is 0 Å². The molecule has 170 valence electrons. The monoisotopic (exact) mass is 467 g/mol. The molecule has 0 aliphatic heterocycles. The van der Waals surface area contributed by atoms with Gasteiger partial charge in [0.05, 0.1) is 22.1 Å². The van der Waals surface area contributed by atoms with E-state index in [1.165, 1.54) is 12.1 Å². The predicted molar refractivity (Wildman–Crippen MR) is 117 cm³/mol. The van der Waals surface area contributed by atoms with E-state index in [1.807, 2.05) is 0 Å². The van der Waals surface area contributed by atoms with Crippen LogP contribution in [0.1, 0.15) is 28.8 Å². The number of hydrogen-bond donors (Lipinski definition) is 5. The number of benzene rings is 2. The standard InChI is InChI=1S/C21H21ClF3N5O2/c1-11(29-16-5-3-13(18(27)31)9-15(16)26)30-17-8-12(2-4-14(17)22)10-28-19(32)20(6-7-20)21(23,24)25/h2-5,8-9,29-30H,1,6-7,10,26H2,(H2,27,31)(H,28,32). The number of amides is 2. The number of rotatable bonds is 8. The highest BCUT2D eigenvalue weighted by Crippen LogP contribution is 2.57. The molecule has 1 fully saturated rings. The molecule has 7 nitrogen and oxygen atoms in total. The van der Waals surface area contributed by atoms with Crippen molar-refractivity contribution in [2.45, 2.75) is 25.6 Å². The predicted octanol–water partition coefficient (Wildman–Crippen LogP) is 3.98. The second-order valence-corrected chi connectivity index (χ2v) is 7.88. The molecule has 0 saturated heterocycles. The molecule has 2 aromatic rings. The Labute approximate surface area is 187 Å². The molecule has 1 aliphatic rings. The Kier molecular flexibility index (Phi) is 6.27. The van der Waals surface area contributed by atoms with Crippen molar-refractivity contribution in [3.8, 4) is 0 Å². The first-order chi connectivity index (χ1) is 14.9. The minimum atomic E-state index is -4.56. The van der Waals surface area contributed by atoms with Gasteiger partial charge in [0.2, 0.25) is 11.8 Å². The number of alkyl halides is 3. The van der Waals surface area contributed by atoms with Gasteiger partial charge in [-0.15, -0.1) is 0 Å². The van der Waals surface area contributed by atoms with Crippen LogP contribution in [0.3, 0.4) is 0 Å². The van der Waals surface area contributed by atoms with Crippen molar-refractivity contribution >= 4 is 40.5 Å². The van der Waals surface area contributed by atoms with Crippen LogP contribution in [0.4, 0.5) is 30.2 Å². The molecule has 0 bridgehead atoms. The number of nitrogens with one attached hydrogen (secondary N) is 3. The van der Waals surface area contributed by atoms with E-state index in [-0.39, 0.29) is 30.6 Å². The van der Waals surface area contributed by atoms with Gasteiger partial charge >= 0.3 is 6.18 Å². The fourth-order valence-electron chi connectivity index (χ4n) is 3.08. The Morgan fingerprint density at radius 2 is 1.75 bits per heavy atom. The van der Waals surface area contributed by atoms with Gasteiger partial charge in [-0.3, -0.25) is 9.59 Å². The van der Waals surface area contributed by atoms with Crippen LogP contribution >= 0.6 is 11.6 Å². The SMILES string of the molecule is C=C(Nc1ccc(C(N)=O)cc1N)Nc1cc(CNC(=O)C2(C(F)(F)F)CC2)ccc1Cl. The molecule has 1 saturated carbocycles. The Bertz CT molecular complexity index is 1080. The van der Waals surface area contributed by atoms with E-state index >= 15 is 0 Å². The summed E-state index contributed by atoms with van der Waals surface area (Å²) < 4.78 is 39.2. The number of primary amides is 1. The fraction of sp³-hybridized carbons (Fsp3) is 0.238. The number of nitrogens with two attached hydrogens (primary N) is 2. The molecule has 0 spiro atoms. The molecule has 11 heteroatoms. The molecule has 0 unspecified atom stereocenters. The number of carbonyl (C=O) groups is 2. The van der Waals surface area contributed by atoms with E-state index in [0.29, 0.717) is 27.8 Å². The van der Waals surface area contributed by atoms with Crippen LogP contribution in [0.25, 0.3) is 0 Å². The second kappa shape index (κ2) is 8.62. The first-order valence-corrected chi connectivity index (χ1v) is 9.86. The summed E-state index contributed by atoms with van der Waals surface area (Å²) in [6, 6.07) is 9.20. The Morgan fingerprint density at radius 3 is 2.31 bits per heavy atom. The van der Waals surface area contributed by atoms with Gasteiger partial charge in [0.25, 0.3) is 0 Å². The van der Waals surface area contributed by atoms with Crippen molar-refractivity contribution in [3.63, 3.8) is 0 Å². The minimum absolute atomic E-state index is 0.0933. The lowest BCUT2D eigenvalue weighted by Gasteiger charge is -2.19. The summed E-state index contributed by atoms with van der Waals surface area (Å²) in [5.41, 5.74) is 10.8. The summed E-state index contributed by atoms with van der Waals surface area (Å²) in [7, 11) is 0. The number of halogens is 4. The lowest BCUT2D eigenvalue weighted by molar-refractivity contribution is -0.192. The smallest absolute Gasteiger partial charge is 0.397 e. The maximum Gasteiger partial charge on any atom is 0.403 e. The summed E-state index contributed by atoms with van der Waals surface area (Å²) in [6.07, 6.45) is -4.97. The van der Waals surface area contributed by atoms with Crippen molar-refractivity contribution in [2.24, 2.45) is 11.1 Å². The maximum absolute atomic E-state index is 13.1. The topological polar surface area (TPSA) is 122 Å². The van der Waals surface area contributed by atoms with Crippen LogP contribution in [-0.2, 0) is 11.3 Å². The third kappa shape index (κ3) is 4.91. The van der Waals surface area contributed by atoms with Gasteiger partial charge in [-0.05, 0) is 48.7 Å². The van der Waals surface area contributed by atoms with Crippen molar-refractivity contribution in [3.05, 3.63) is 64.9 Å². The number of carbonyl (C=O) groups excluding carboxylic acids is 2. The lowest BCUT2D eigenvalue weighted by Crippen LogP contribution is -2.40. The molecule has 2 amide bonds. The molecule has 0 heterocycles. The van der Waals surface area contributed by atoms with E-state index in [9.17, 15) is 22.8 Å². The summed E-state index contributed by atoms with van der Waals surface area (Å²) in [5.74, 6) is -1.35. The summed E-state index contributed by atoms with van der Waals surface area (Å²) in [6.45, 7) is 3.74. The van der Waals surface area contributed by atoms with Gasteiger partial charge in [-0.1, -0.05) is 24.2 Å². The average Bonchev–Trinajstić information content (AvgIpc) is 3.52. The second-order valence-electron chi connectivity index (χ2n) is 7.47. The zero-order chi connectivity index (χ0) is 23.7. The van der Waals surface area contributed by atoms with Gasteiger partial charge in [-0.2, -0.15) is 13.2 Å². The van der Waals surface area contributed by atoms with Crippen LogP contribution in [0.15, 0.2) is 48.8 Å². The molecule has 2 aromatic carbocycles. The van der Waals surface area contributed by atoms with E-state index in [2.05, 4.69) is 22.5 Å². The average molecular weight is 468 g/mol. The van der Waals surface area contributed by atoms with Gasteiger partial charge < -0.3 is 27.4 Å². The number of nitrogen functional groups attached to an aromatic ring is 1. The highest BCUT2D eigenvalue weighted by atomic mass is 35.5. The third-order valence-corrected chi connectivity index (χ3v) is 5.45. The number of anilines is 3. The zero-order valence-corrected chi connectivity index (χ0v) is 17.5. The molecule has 7 N–H and O–H groups in total. The molecule has 0 radical (unpaired) electrons. The Balaban J connectivity index is 1.64. The molecular weight excluding hydrogens is 447 g/mol. The quantitative estimate of drug-likeness (QED) is 0.376. The van der Waals surface area contributed by atoms with Crippen molar-refractivity contribution in [1.29, 1.82) is 0 Å². The Hall–Kier alpha value is -3.40. The first-order valence-electron chi connectivity index (χ1n) is 9.49. The minimum Gasteiger partial charge on any atom is -0.397 e. The maximum atomic E-state index is 13.1. The Morgan fingerprint density at radius 1 is 1.09 bits per heavy atom. The summed E-state index contributed by atoms with van der Waals surface area (Å²) >= 11 is 6.19. The first kappa shape index (κ1) is 23.3. The summed E-state index contributed by atoms with van der Waals surface area (Å²) in [4.78, 5) is 23.3. The molecule has 1 aliphatic carbocycles. The molecular formula is C21H21ClF3N5O2. The highest BCUT2D eigenvalue weighted by Gasteiger charge is 2.68. The summed E-state index contributed by atoms with van der Waals surface area (Å²) in [5, 5.41) is 8.55. The van der Waals surface area contributed by atoms with Gasteiger partial charge in [0.1, 0.15) is 11.2 Å². The highest BCUT2D eigenvalue weighted by molar-refractivity contribution is 6.33. The molecule has 32 heavy (non-hydrogen) atoms. The van der Waals surface area contributed by atoms with E-state index in [4.69, 9.17) is 23.1 Å².